The molecule has 0 saturated carbocycles. The molecule has 0 atom stereocenters. The highest BCUT2D eigenvalue weighted by atomic mass is 19.4. The van der Waals surface area contributed by atoms with Crippen molar-refractivity contribution in [3.05, 3.63) is 53.8 Å². The number of hydrogen-bond acceptors (Lipinski definition) is 1. The van der Waals surface area contributed by atoms with Crippen LogP contribution < -0.4 is 4.74 Å². The summed E-state index contributed by atoms with van der Waals surface area (Å²) < 4.78 is 56.0. The number of methoxy groups -OCH3 is 1. The molecule has 2 aromatic rings. The molecular weight excluding hydrogens is 260 g/mol. The molecule has 0 amide bonds. The van der Waals surface area contributed by atoms with Gasteiger partial charge in [-0.2, -0.15) is 13.2 Å². The van der Waals surface area contributed by atoms with E-state index in [1.54, 1.807) is 0 Å². The minimum Gasteiger partial charge on any atom is -0.494 e. The summed E-state index contributed by atoms with van der Waals surface area (Å²) >= 11 is 0. The first-order chi connectivity index (χ1) is 8.91. The Morgan fingerprint density at radius 2 is 1.63 bits per heavy atom. The maximum absolute atomic E-state index is 13.5. The number of halogens is 4. The minimum absolute atomic E-state index is 0.0516. The van der Waals surface area contributed by atoms with Crippen molar-refractivity contribution in [2.75, 3.05) is 7.11 Å². The molecular formula is C14H10F4O. The molecule has 2 rings (SSSR count). The Labute approximate surface area is 107 Å². The van der Waals surface area contributed by atoms with Gasteiger partial charge in [0.1, 0.15) is 0 Å². The Morgan fingerprint density at radius 3 is 2.21 bits per heavy atom. The third-order valence-electron chi connectivity index (χ3n) is 2.68. The molecule has 0 radical (unpaired) electrons. The molecule has 0 N–H and O–H groups in total. The Kier molecular flexibility index (Phi) is 3.46. The first-order valence-electron chi connectivity index (χ1n) is 5.43. The van der Waals surface area contributed by atoms with E-state index in [9.17, 15) is 17.6 Å². The maximum atomic E-state index is 13.5. The van der Waals surface area contributed by atoms with Gasteiger partial charge in [0.05, 0.1) is 12.7 Å². The van der Waals surface area contributed by atoms with Crippen LogP contribution in [0.3, 0.4) is 0 Å². The van der Waals surface area contributed by atoms with Crippen LogP contribution >= 0.6 is 0 Å². The number of alkyl halides is 3. The summed E-state index contributed by atoms with van der Waals surface area (Å²) in [5, 5.41) is 0. The van der Waals surface area contributed by atoms with Crippen molar-refractivity contribution in [1.29, 1.82) is 0 Å². The van der Waals surface area contributed by atoms with E-state index in [4.69, 9.17) is 4.74 Å². The van der Waals surface area contributed by atoms with Gasteiger partial charge < -0.3 is 4.74 Å². The maximum Gasteiger partial charge on any atom is 0.416 e. The van der Waals surface area contributed by atoms with Crippen molar-refractivity contribution >= 4 is 0 Å². The van der Waals surface area contributed by atoms with Crippen LogP contribution in [-0.2, 0) is 6.18 Å². The smallest absolute Gasteiger partial charge is 0.416 e. The molecule has 1 nitrogen and oxygen atoms in total. The summed E-state index contributed by atoms with van der Waals surface area (Å²) in [5.41, 5.74) is -0.0954. The van der Waals surface area contributed by atoms with Crippen LogP contribution in [0.1, 0.15) is 5.56 Å². The summed E-state index contributed by atoms with van der Waals surface area (Å²) in [7, 11) is 1.32. The number of hydrogen-bond donors (Lipinski definition) is 0. The molecule has 0 bridgehead atoms. The van der Waals surface area contributed by atoms with Gasteiger partial charge in [0.15, 0.2) is 11.6 Å². The van der Waals surface area contributed by atoms with Gasteiger partial charge in [-0.05, 0) is 35.4 Å². The predicted octanol–water partition coefficient (Wildman–Crippen LogP) is 4.52. The number of ether oxygens (including phenoxy) is 1. The second-order valence-electron chi connectivity index (χ2n) is 3.93. The molecule has 0 saturated heterocycles. The summed E-state index contributed by atoms with van der Waals surface area (Å²) in [6.07, 6.45) is -4.42. The van der Waals surface area contributed by atoms with E-state index in [-0.39, 0.29) is 5.75 Å². The van der Waals surface area contributed by atoms with Gasteiger partial charge >= 0.3 is 6.18 Å². The predicted molar refractivity (Wildman–Crippen MR) is 63.4 cm³/mol. The molecule has 0 aliphatic rings. The van der Waals surface area contributed by atoms with E-state index in [0.29, 0.717) is 11.1 Å². The summed E-state index contributed by atoms with van der Waals surface area (Å²) in [5.74, 6) is -0.562. The van der Waals surface area contributed by atoms with Crippen LogP contribution in [0.2, 0.25) is 0 Å². The van der Waals surface area contributed by atoms with Gasteiger partial charge in [-0.3, -0.25) is 0 Å². The van der Waals surface area contributed by atoms with Crippen molar-refractivity contribution in [3.8, 4) is 16.9 Å². The van der Waals surface area contributed by atoms with Crippen molar-refractivity contribution < 1.29 is 22.3 Å². The summed E-state index contributed by atoms with van der Waals surface area (Å²) in [6, 6.07) is 8.79. The summed E-state index contributed by atoms with van der Waals surface area (Å²) in [6.45, 7) is 0. The second kappa shape index (κ2) is 4.91. The van der Waals surface area contributed by atoms with Gasteiger partial charge in [-0.1, -0.05) is 18.2 Å². The third-order valence-corrected chi connectivity index (χ3v) is 2.68. The SMILES string of the molecule is COc1ccc(-c2cccc(C(F)(F)F)c2)cc1F. The van der Waals surface area contributed by atoms with Crippen LogP contribution in [0.15, 0.2) is 42.5 Å². The molecule has 0 heterocycles. The zero-order valence-electron chi connectivity index (χ0n) is 9.96. The zero-order valence-corrected chi connectivity index (χ0v) is 9.96. The van der Waals surface area contributed by atoms with Gasteiger partial charge in [0.2, 0.25) is 0 Å². The monoisotopic (exact) mass is 270 g/mol. The molecule has 5 heteroatoms. The van der Waals surface area contributed by atoms with Crippen LogP contribution in [0.5, 0.6) is 5.75 Å². The molecule has 100 valence electrons. The lowest BCUT2D eigenvalue weighted by Crippen LogP contribution is -2.04. The molecule has 0 aliphatic heterocycles. The number of rotatable bonds is 2. The molecule has 0 aromatic heterocycles. The highest BCUT2D eigenvalue weighted by Crippen LogP contribution is 2.33. The van der Waals surface area contributed by atoms with Gasteiger partial charge in [-0.25, -0.2) is 4.39 Å². The highest BCUT2D eigenvalue weighted by molar-refractivity contribution is 5.65. The Balaban J connectivity index is 2.45. The number of benzene rings is 2. The van der Waals surface area contributed by atoms with Crippen LogP contribution in [0.4, 0.5) is 17.6 Å². The lowest BCUT2D eigenvalue weighted by Gasteiger charge is -2.09. The molecule has 2 aromatic carbocycles. The average molecular weight is 270 g/mol. The lowest BCUT2D eigenvalue weighted by atomic mass is 10.0. The zero-order chi connectivity index (χ0) is 14.0. The Morgan fingerprint density at radius 1 is 0.947 bits per heavy atom. The fourth-order valence-corrected chi connectivity index (χ4v) is 1.72. The molecule has 0 unspecified atom stereocenters. The van der Waals surface area contributed by atoms with Crippen LogP contribution in [0.25, 0.3) is 11.1 Å². The Hall–Kier alpha value is -2.04. The normalized spacial score (nSPS) is 11.4. The van der Waals surface area contributed by atoms with Crippen molar-refractivity contribution in [3.63, 3.8) is 0 Å². The average Bonchev–Trinajstić information content (AvgIpc) is 2.38. The highest BCUT2D eigenvalue weighted by Gasteiger charge is 2.30. The van der Waals surface area contributed by atoms with Gasteiger partial charge in [0, 0.05) is 0 Å². The fraction of sp³-hybridized carbons (Fsp3) is 0.143. The molecule has 0 aliphatic carbocycles. The largest absolute Gasteiger partial charge is 0.494 e. The fourth-order valence-electron chi connectivity index (χ4n) is 1.72. The third kappa shape index (κ3) is 2.86. The second-order valence-corrected chi connectivity index (χ2v) is 3.93. The first kappa shape index (κ1) is 13.4. The van der Waals surface area contributed by atoms with Crippen molar-refractivity contribution in [2.24, 2.45) is 0 Å². The summed E-state index contributed by atoms with van der Waals surface area (Å²) in [4.78, 5) is 0. The molecule has 0 spiro atoms. The first-order valence-corrected chi connectivity index (χ1v) is 5.43. The molecule has 19 heavy (non-hydrogen) atoms. The van der Waals surface area contributed by atoms with E-state index in [1.807, 2.05) is 0 Å². The van der Waals surface area contributed by atoms with Crippen LogP contribution in [0, 0.1) is 5.82 Å². The van der Waals surface area contributed by atoms with E-state index in [2.05, 4.69) is 0 Å². The van der Waals surface area contributed by atoms with Gasteiger partial charge in [0.25, 0.3) is 0 Å². The standard InChI is InChI=1S/C14H10F4O/c1-19-13-6-5-10(8-12(13)15)9-3-2-4-11(7-9)14(16,17)18/h2-8H,1H3. The van der Waals surface area contributed by atoms with Crippen molar-refractivity contribution in [2.45, 2.75) is 6.18 Å². The van der Waals surface area contributed by atoms with Crippen molar-refractivity contribution in [1.82, 2.24) is 0 Å². The quantitative estimate of drug-likeness (QED) is 0.729. The van der Waals surface area contributed by atoms with E-state index in [0.717, 1.165) is 18.2 Å². The minimum atomic E-state index is -4.42. The molecule has 0 fully saturated rings. The van der Waals surface area contributed by atoms with E-state index >= 15 is 0 Å². The topological polar surface area (TPSA) is 9.23 Å². The van der Waals surface area contributed by atoms with Gasteiger partial charge in [-0.15, -0.1) is 0 Å². The van der Waals surface area contributed by atoms with Crippen LogP contribution in [-0.4, -0.2) is 7.11 Å². The van der Waals surface area contributed by atoms with E-state index in [1.165, 1.54) is 31.4 Å². The lowest BCUT2D eigenvalue weighted by molar-refractivity contribution is -0.137. The Bertz CT molecular complexity index is 590. The van der Waals surface area contributed by atoms with E-state index < -0.39 is 17.6 Å².